The Kier molecular flexibility index (Phi) is 2.51. The molecule has 1 aliphatic heterocycles. The first-order chi connectivity index (χ1) is 7.98. The molecule has 0 atom stereocenters. The van der Waals surface area contributed by atoms with Gasteiger partial charge in [0.2, 0.25) is 5.91 Å². The number of carbonyl (C=O) groups excluding carboxylic acids is 1. The molecule has 3 aliphatic rings. The van der Waals surface area contributed by atoms with E-state index in [4.69, 9.17) is 0 Å². The van der Waals surface area contributed by atoms with Crippen molar-refractivity contribution in [1.82, 2.24) is 4.90 Å². The van der Waals surface area contributed by atoms with E-state index >= 15 is 0 Å². The average molecular weight is 237 g/mol. The number of carbonyl (C=O) groups is 1. The van der Waals surface area contributed by atoms with Crippen LogP contribution < -0.4 is 0 Å². The van der Waals surface area contributed by atoms with Gasteiger partial charge in [-0.15, -0.1) is 0 Å². The Morgan fingerprint density at radius 3 is 2.29 bits per heavy atom. The quantitative estimate of drug-likeness (QED) is 0.797. The van der Waals surface area contributed by atoms with Gasteiger partial charge in [-0.25, -0.2) is 0 Å². The summed E-state index contributed by atoms with van der Waals surface area (Å²) in [4.78, 5) is 14.1. The third-order valence-corrected chi connectivity index (χ3v) is 5.05. The van der Waals surface area contributed by atoms with Crippen molar-refractivity contribution in [1.29, 1.82) is 0 Å². The molecule has 2 saturated carbocycles. The Morgan fingerprint density at radius 2 is 1.82 bits per heavy atom. The Hall–Kier alpha value is -0.570. The smallest absolute Gasteiger partial charge is 0.222 e. The summed E-state index contributed by atoms with van der Waals surface area (Å²) in [5, 5.41) is 9.66. The van der Waals surface area contributed by atoms with Crippen molar-refractivity contribution in [2.45, 2.75) is 57.5 Å². The van der Waals surface area contributed by atoms with E-state index in [-0.39, 0.29) is 0 Å². The zero-order valence-electron chi connectivity index (χ0n) is 10.7. The van der Waals surface area contributed by atoms with E-state index in [1.807, 2.05) is 6.92 Å². The van der Waals surface area contributed by atoms with Gasteiger partial charge in [-0.05, 0) is 56.8 Å². The molecule has 0 radical (unpaired) electrons. The number of amides is 1. The van der Waals surface area contributed by atoms with Crippen LogP contribution >= 0.6 is 0 Å². The van der Waals surface area contributed by atoms with Gasteiger partial charge in [-0.1, -0.05) is 0 Å². The summed E-state index contributed by atoms with van der Waals surface area (Å²) in [6, 6.07) is 0. The Labute approximate surface area is 103 Å². The van der Waals surface area contributed by atoms with Crippen LogP contribution in [0.1, 0.15) is 51.9 Å². The topological polar surface area (TPSA) is 40.5 Å². The fourth-order valence-corrected chi connectivity index (χ4v) is 3.61. The Bertz CT molecular complexity index is 315. The lowest BCUT2D eigenvalue weighted by Crippen LogP contribution is -2.45. The van der Waals surface area contributed by atoms with Crippen molar-refractivity contribution in [2.24, 2.45) is 11.3 Å². The summed E-state index contributed by atoms with van der Waals surface area (Å²) >= 11 is 0. The van der Waals surface area contributed by atoms with E-state index < -0.39 is 5.60 Å². The fraction of sp³-hybridized carbons (Fsp3) is 0.929. The molecule has 2 aliphatic carbocycles. The minimum absolute atomic E-state index is 0.320. The molecule has 0 aromatic rings. The number of nitrogens with zero attached hydrogens (tertiary/aromatic N) is 1. The molecule has 3 rings (SSSR count). The number of piperidine rings is 1. The lowest BCUT2D eigenvalue weighted by Gasteiger charge is -2.42. The molecule has 0 aromatic carbocycles. The lowest BCUT2D eigenvalue weighted by molar-refractivity contribution is -0.137. The molecule has 3 heteroatoms. The highest BCUT2D eigenvalue weighted by Crippen LogP contribution is 2.53. The van der Waals surface area contributed by atoms with Crippen molar-refractivity contribution in [3.63, 3.8) is 0 Å². The van der Waals surface area contributed by atoms with Crippen molar-refractivity contribution in [2.75, 3.05) is 13.1 Å². The van der Waals surface area contributed by atoms with Crippen LogP contribution in [0.15, 0.2) is 0 Å². The normalized spacial score (nSPS) is 38.9. The highest BCUT2D eigenvalue weighted by atomic mass is 16.3. The van der Waals surface area contributed by atoms with Gasteiger partial charge in [0.15, 0.2) is 0 Å². The van der Waals surface area contributed by atoms with Crippen LogP contribution in [0, 0.1) is 11.3 Å². The molecule has 0 unspecified atom stereocenters. The van der Waals surface area contributed by atoms with Crippen LogP contribution in [-0.4, -0.2) is 34.6 Å². The van der Waals surface area contributed by atoms with Gasteiger partial charge in [0.1, 0.15) is 0 Å². The first kappa shape index (κ1) is 11.5. The molecule has 1 heterocycles. The number of rotatable bonds is 2. The molecule has 96 valence electrons. The van der Waals surface area contributed by atoms with Crippen molar-refractivity contribution < 1.29 is 9.90 Å². The molecule has 3 fully saturated rings. The standard InChI is InChI=1S/C14H23NO2/c1-13(17)9-11(10-13)8-12(16)15-6-4-14(2-3-14)5-7-15/h11,17H,2-10H2,1H3. The molecule has 3 nitrogen and oxygen atoms in total. The van der Waals surface area contributed by atoms with Gasteiger partial charge in [0.25, 0.3) is 0 Å². The highest BCUT2D eigenvalue weighted by Gasteiger charge is 2.45. The monoisotopic (exact) mass is 237 g/mol. The van der Waals surface area contributed by atoms with Crippen molar-refractivity contribution in [3.8, 4) is 0 Å². The van der Waals surface area contributed by atoms with Crippen LogP contribution in [0.3, 0.4) is 0 Å². The molecule has 0 bridgehead atoms. The zero-order chi connectivity index (χ0) is 12.1. The van der Waals surface area contributed by atoms with Crippen LogP contribution in [0.2, 0.25) is 0 Å². The fourth-order valence-electron chi connectivity index (χ4n) is 3.61. The third-order valence-electron chi connectivity index (χ3n) is 5.05. The third kappa shape index (κ3) is 2.35. The summed E-state index contributed by atoms with van der Waals surface area (Å²) in [5.74, 6) is 0.746. The minimum atomic E-state index is -0.495. The van der Waals surface area contributed by atoms with Crippen LogP contribution in [0.5, 0.6) is 0 Å². The first-order valence-electron chi connectivity index (χ1n) is 6.98. The number of hydrogen-bond donors (Lipinski definition) is 1. The second-order valence-electron chi connectivity index (χ2n) is 6.86. The van der Waals surface area contributed by atoms with Gasteiger partial charge in [0.05, 0.1) is 5.60 Å². The van der Waals surface area contributed by atoms with Crippen LogP contribution in [0.4, 0.5) is 0 Å². The summed E-state index contributed by atoms with van der Waals surface area (Å²) in [7, 11) is 0. The van der Waals surface area contributed by atoms with Gasteiger partial charge < -0.3 is 10.0 Å². The summed E-state index contributed by atoms with van der Waals surface area (Å²) in [5.41, 5.74) is 0.155. The van der Waals surface area contributed by atoms with Gasteiger partial charge in [-0.3, -0.25) is 4.79 Å². The van der Waals surface area contributed by atoms with E-state index in [1.54, 1.807) is 0 Å². The average Bonchev–Trinajstić information content (AvgIpc) is 2.96. The SMILES string of the molecule is CC1(O)CC(CC(=O)N2CCC3(CC2)CC3)C1. The van der Waals surface area contributed by atoms with E-state index in [9.17, 15) is 9.90 Å². The lowest BCUT2D eigenvalue weighted by atomic mass is 9.70. The second kappa shape index (κ2) is 3.71. The molecule has 1 amide bonds. The maximum Gasteiger partial charge on any atom is 0.222 e. The van der Waals surface area contributed by atoms with E-state index in [0.717, 1.165) is 25.9 Å². The zero-order valence-corrected chi connectivity index (χ0v) is 10.7. The summed E-state index contributed by atoms with van der Waals surface area (Å²) in [6.07, 6.45) is 7.49. The van der Waals surface area contributed by atoms with Gasteiger partial charge in [0, 0.05) is 19.5 Å². The molecular weight excluding hydrogens is 214 g/mol. The molecular formula is C14H23NO2. The molecule has 0 aromatic heterocycles. The number of hydrogen-bond acceptors (Lipinski definition) is 2. The predicted octanol–water partition coefficient (Wildman–Crippen LogP) is 1.94. The van der Waals surface area contributed by atoms with E-state index in [1.165, 1.54) is 25.7 Å². The predicted molar refractivity (Wildman–Crippen MR) is 65.4 cm³/mol. The Morgan fingerprint density at radius 1 is 1.24 bits per heavy atom. The van der Waals surface area contributed by atoms with Crippen molar-refractivity contribution in [3.05, 3.63) is 0 Å². The van der Waals surface area contributed by atoms with E-state index in [2.05, 4.69) is 4.90 Å². The minimum Gasteiger partial charge on any atom is -0.390 e. The number of likely N-dealkylation sites (tertiary alicyclic amines) is 1. The maximum absolute atomic E-state index is 12.1. The second-order valence-corrected chi connectivity index (χ2v) is 6.86. The Balaban J connectivity index is 1.44. The molecule has 1 N–H and O–H groups in total. The van der Waals surface area contributed by atoms with E-state index in [0.29, 0.717) is 23.7 Å². The first-order valence-corrected chi connectivity index (χ1v) is 6.98. The highest BCUT2D eigenvalue weighted by molar-refractivity contribution is 5.76. The van der Waals surface area contributed by atoms with Gasteiger partial charge >= 0.3 is 0 Å². The maximum atomic E-state index is 12.1. The summed E-state index contributed by atoms with van der Waals surface area (Å²) < 4.78 is 0. The largest absolute Gasteiger partial charge is 0.390 e. The van der Waals surface area contributed by atoms with Gasteiger partial charge in [-0.2, -0.15) is 0 Å². The summed E-state index contributed by atoms with van der Waals surface area (Å²) in [6.45, 7) is 3.82. The van der Waals surface area contributed by atoms with Crippen LogP contribution in [-0.2, 0) is 4.79 Å². The molecule has 1 saturated heterocycles. The van der Waals surface area contributed by atoms with Crippen LogP contribution in [0.25, 0.3) is 0 Å². The van der Waals surface area contributed by atoms with Crippen molar-refractivity contribution >= 4 is 5.91 Å². The molecule has 17 heavy (non-hydrogen) atoms. The number of aliphatic hydroxyl groups is 1. The molecule has 1 spiro atoms.